The first kappa shape index (κ1) is 17.5. The van der Waals surface area contributed by atoms with Gasteiger partial charge in [-0.15, -0.1) is 5.10 Å². The van der Waals surface area contributed by atoms with E-state index in [1.165, 1.54) is 4.68 Å². The molecule has 0 unspecified atom stereocenters. The molecule has 25 heavy (non-hydrogen) atoms. The number of nitrogens with one attached hydrogen (secondary N) is 1. The summed E-state index contributed by atoms with van der Waals surface area (Å²) in [4.78, 5) is 26.7. The number of amides is 1. The van der Waals surface area contributed by atoms with E-state index in [0.29, 0.717) is 17.4 Å². The van der Waals surface area contributed by atoms with Crippen LogP contribution in [0.1, 0.15) is 13.3 Å². The molecule has 1 atom stereocenters. The molecule has 3 rings (SSSR count). The fourth-order valence-corrected chi connectivity index (χ4v) is 2.87. The number of ether oxygens (including phenoxy) is 1. The molecule has 1 fully saturated rings. The van der Waals surface area contributed by atoms with Crippen molar-refractivity contribution in [3.63, 3.8) is 0 Å². The third-order valence-electron chi connectivity index (χ3n) is 4.44. The number of nitrogens with zero attached hydrogens (tertiary/aromatic N) is 4. The van der Waals surface area contributed by atoms with Crippen molar-refractivity contribution in [3.8, 4) is 0 Å². The Bertz CT molecular complexity index is 785. The summed E-state index contributed by atoms with van der Waals surface area (Å²) in [6, 6.07) is 7.32. The summed E-state index contributed by atoms with van der Waals surface area (Å²) in [5.74, 6) is -0.0954. The number of aryl methyl sites for hydroxylation is 1. The molecule has 0 bridgehead atoms. The second kappa shape index (κ2) is 8.17. The van der Waals surface area contributed by atoms with Crippen molar-refractivity contribution in [1.82, 2.24) is 25.2 Å². The molecule has 0 saturated carbocycles. The van der Waals surface area contributed by atoms with Gasteiger partial charge in [0.2, 0.25) is 5.91 Å². The standard InChI is InChI=1S/C17H23N5O3/c1-13(21-8-10-25-11-9-21)12-18-16(23)6-7-22-17(24)14-4-2-3-5-15(14)19-20-22/h2-5,13H,6-12H2,1H3,(H,18,23)/t13-/m1/s1. The summed E-state index contributed by atoms with van der Waals surface area (Å²) in [5, 5.41) is 11.4. The van der Waals surface area contributed by atoms with Crippen LogP contribution in [0.3, 0.4) is 0 Å². The van der Waals surface area contributed by atoms with Gasteiger partial charge < -0.3 is 10.1 Å². The summed E-state index contributed by atoms with van der Waals surface area (Å²) in [7, 11) is 0. The molecular formula is C17H23N5O3. The Kier molecular flexibility index (Phi) is 5.72. The fourth-order valence-electron chi connectivity index (χ4n) is 2.87. The molecule has 134 valence electrons. The number of morpholine rings is 1. The topological polar surface area (TPSA) is 89.3 Å². The Balaban J connectivity index is 1.50. The van der Waals surface area contributed by atoms with Crippen LogP contribution in [0.5, 0.6) is 0 Å². The summed E-state index contributed by atoms with van der Waals surface area (Å²) in [6.07, 6.45) is 0.197. The van der Waals surface area contributed by atoms with Crippen molar-refractivity contribution in [2.24, 2.45) is 0 Å². The van der Waals surface area contributed by atoms with E-state index < -0.39 is 0 Å². The maximum atomic E-state index is 12.3. The number of rotatable bonds is 6. The third kappa shape index (κ3) is 4.40. The van der Waals surface area contributed by atoms with E-state index in [1.54, 1.807) is 18.2 Å². The van der Waals surface area contributed by atoms with Crippen LogP contribution in [-0.2, 0) is 16.1 Å². The molecule has 1 saturated heterocycles. The van der Waals surface area contributed by atoms with Gasteiger partial charge in [0.25, 0.3) is 5.56 Å². The summed E-state index contributed by atoms with van der Waals surface area (Å²) in [6.45, 7) is 6.14. The number of aromatic nitrogens is 3. The molecule has 1 N–H and O–H groups in total. The van der Waals surface area contributed by atoms with Crippen LogP contribution >= 0.6 is 0 Å². The molecule has 8 nitrogen and oxygen atoms in total. The lowest BCUT2D eigenvalue weighted by Gasteiger charge is -2.32. The van der Waals surface area contributed by atoms with Gasteiger partial charge in [-0.25, -0.2) is 4.68 Å². The van der Waals surface area contributed by atoms with E-state index >= 15 is 0 Å². The molecule has 0 aliphatic carbocycles. The van der Waals surface area contributed by atoms with Crippen molar-refractivity contribution in [2.45, 2.75) is 25.9 Å². The van der Waals surface area contributed by atoms with Crippen molar-refractivity contribution in [2.75, 3.05) is 32.8 Å². The highest BCUT2D eigenvalue weighted by Gasteiger charge is 2.17. The highest BCUT2D eigenvalue weighted by molar-refractivity contribution is 5.77. The van der Waals surface area contributed by atoms with Crippen molar-refractivity contribution < 1.29 is 9.53 Å². The number of carbonyl (C=O) groups is 1. The van der Waals surface area contributed by atoms with Crippen molar-refractivity contribution in [1.29, 1.82) is 0 Å². The Morgan fingerprint density at radius 1 is 1.32 bits per heavy atom. The van der Waals surface area contributed by atoms with Gasteiger partial charge in [0.1, 0.15) is 5.52 Å². The summed E-state index contributed by atoms with van der Waals surface area (Å²) < 4.78 is 6.57. The van der Waals surface area contributed by atoms with E-state index in [0.717, 1.165) is 26.3 Å². The van der Waals surface area contributed by atoms with Crippen molar-refractivity contribution >= 4 is 16.8 Å². The van der Waals surface area contributed by atoms with Gasteiger partial charge in [-0.2, -0.15) is 0 Å². The average molecular weight is 345 g/mol. The number of fused-ring (bicyclic) bond motifs is 1. The average Bonchev–Trinajstić information content (AvgIpc) is 2.66. The van der Waals surface area contributed by atoms with Gasteiger partial charge in [-0.3, -0.25) is 14.5 Å². The van der Waals surface area contributed by atoms with Crippen LogP contribution in [-0.4, -0.2) is 64.7 Å². The first-order valence-electron chi connectivity index (χ1n) is 8.56. The number of benzene rings is 1. The minimum Gasteiger partial charge on any atom is -0.379 e. The van der Waals surface area contributed by atoms with E-state index in [4.69, 9.17) is 4.74 Å². The normalized spacial score (nSPS) is 16.7. The highest BCUT2D eigenvalue weighted by Crippen LogP contribution is 2.04. The van der Waals surface area contributed by atoms with Crippen LogP contribution in [0.15, 0.2) is 29.1 Å². The molecular weight excluding hydrogens is 322 g/mol. The first-order valence-corrected chi connectivity index (χ1v) is 8.56. The van der Waals surface area contributed by atoms with Gasteiger partial charge in [0, 0.05) is 32.1 Å². The van der Waals surface area contributed by atoms with Gasteiger partial charge in [-0.1, -0.05) is 17.3 Å². The van der Waals surface area contributed by atoms with Gasteiger partial charge in [0.15, 0.2) is 0 Å². The maximum absolute atomic E-state index is 12.3. The van der Waals surface area contributed by atoms with E-state index in [1.807, 2.05) is 6.07 Å². The van der Waals surface area contributed by atoms with Gasteiger partial charge in [0.05, 0.1) is 25.1 Å². The molecule has 1 amide bonds. The Morgan fingerprint density at radius 2 is 2.08 bits per heavy atom. The van der Waals surface area contributed by atoms with Crippen molar-refractivity contribution in [3.05, 3.63) is 34.6 Å². The number of hydrogen-bond donors (Lipinski definition) is 1. The predicted octanol–water partition coefficient (Wildman–Crippen LogP) is 0.0185. The molecule has 1 aliphatic rings. The fraction of sp³-hybridized carbons (Fsp3) is 0.529. The lowest BCUT2D eigenvalue weighted by Crippen LogP contribution is -2.47. The minimum atomic E-state index is -0.222. The van der Waals surface area contributed by atoms with Crippen LogP contribution in [0.4, 0.5) is 0 Å². The highest BCUT2D eigenvalue weighted by atomic mass is 16.5. The molecule has 2 heterocycles. The molecule has 8 heteroatoms. The largest absolute Gasteiger partial charge is 0.379 e. The van der Waals surface area contributed by atoms with E-state index in [2.05, 4.69) is 27.5 Å². The maximum Gasteiger partial charge on any atom is 0.277 e. The Morgan fingerprint density at radius 3 is 2.88 bits per heavy atom. The molecule has 1 aromatic carbocycles. The SMILES string of the molecule is C[C@H](CNC(=O)CCn1nnc2ccccc2c1=O)N1CCOCC1. The lowest BCUT2D eigenvalue weighted by molar-refractivity contribution is -0.121. The predicted molar refractivity (Wildman–Crippen MR) is 93.3 cm³/mol. The van der Waals surface area contributed by atoms with Crippen LogP contribution in [0.25, 0.3) is 10.9 Å². The quantitative estimate of drug-likeness (QED) is 0.794. The first-order chi connectivity index (χ1) is 12.1. The Hall–Kier alpha value is -2.32. The third-order valence-corrected chi connectivity index (χ3v) is 4.44. The zero-order chi connectivity index (χ0) is 17.6. The molecule has 1 aliphatic heterocycles. The van der Waals surface area contributed by atoms with Crippen LogP contribution < -0.4 is 10.9 Å². The zero-order valence-electron chi connectivity index (χ0n) is 14.4. The second-order valence-electron chi connectivity index (χ2n) is 6.19. The van der Waals surface area contributed by atoms with Gasteiger partial charge in [-0.05, 0) is 19.1 Å². The van der Waals surface area contributed by atoms with E-state index in [-0.39, 0.29) is 30.5 Å². The van der Waals surface area contributed by atoms with Crippen LogP contribution in [0.2, 0.25) is 0 Å². The van der Waals surface area contributed by atoms with E-state index in [9.17, 15) is 9.59 Å². The number of hydrogen-bond acceptors (Lipinski definition) is 6. The zero-order valence-corrected chi connectivity index (χ0v) is 14.4. The minimum absolute atomic E-state index is 0.0954. The smallest absolute Gasteiger partial charge is 0.277 e. The second-order valence-corrected chi connectivity index (χ2v) is 6.19. The summed E-state index contributed by atoms with van der Waals surface area (Å²) in [5.41, 5.74) is 0.340. The number of carbonyl (C=O) groups excluding carboxylic acids is 1. The lowest BCUT2D eigenvalue weighted by atomic mass is 10.2. The van der Waals surface area contributed by atoms with Crippen LogP contribution in [0, 0.1) is 0 Å². The summed E-state index contributed by atoms with van der Waals surface area (Å²) >= 11 is 0. The molecule has 1 aromatic heterocycles. The monoisotopic (exact) mass is 345 g/mol. The Labute approximate surface area is 145 Å². The van der Waals surface area contributed by atoms with Gasteiger partial charge >= 0.3 is 0 Å². The molecule has 0 radical (unpaired) electrons. The molecule has 2 aromatic rings. The molecule has 0 spiro atoms.